The molecule has 0 saturated carbocycles. The first-order chi connectivity index (χ1) is 15.2. The first-order valence-electron chi connectivity index (χ1n) is 11.0. The van der Waals surface area contributed by atoms with E-state index in [2.05, 4.69) is 49.7 Å². The number of carbonyl (C=O) groups is 1. The van der Waals surface area contributed by atoms with E-state index in [1.807, 2.05) is 12.1 Å². The number of rotatable bonds is 6. The Morgan fingerprint density at radius 2 is 1.90 bits per heavy atom. The van der Waals surface area contributed by atoms with Crippen LogP contribution in [0.5, 0.6) is 0 Å². The quantitative estimate of drug-likeness (QED) is 0.387. The van der Waals surface area contributed by atoms with Crippen LogP contribution in [0.1, 0.15) is 35.2 Å². The molecule has 0 atom stereocenters. The van der Waals surface area contributed by atoms with Gasteiger partial charge in [0.05, 0.1) is 11.2 Å². The first kappa shape index (κ1) is 19.8. The molecular formula is C24H28N6O. The molecule has 2 aromatic carbocycles. The number of piperidine rings is 1. The molecule has 1 fully saturated rings. The van der Waals surface area contributed by atoms with Gasteiger partial charge in [0, 0.05) is 41.5 Å². The van der Waals surface area contributed by atoms with Gasteiger partial charge in [0.2, 0.25) is 0 Å². The zero-order valence-corrected chi connectivity index (χ0v) is 17.6. The van der Waals surface area contributed by atoms with Crippen LogP contribution < -0.4 is 11.1 Å². The monoisotopic (exact) mass is 416 g/mol. The van der Waals surface area contributed by atoms with Crippen LogP contribution in [0.25, 0.3) is 33.2 Å². The lowest BCUT2D eigenvalue weighted by Gasteiger charge is -2.26. The van der Waals surface area contributed by atoms with Crippen LogP contribution in [0, 0.1) is 0 Å². The fourth-order valence-electron chi connectivity index (χ4n) is 4.43. The van der Waals surface area contributed by atoms with E-state index in [0.29, 0.717) is 18.7 Å². The topological polar surface area (TPSA) is 103 Å². The summed E-state index contributed by atoms with van der Waals surface area (Å²) in [6.07, 6.45) is 3.95. The molecule has 0 unspecified atom stereocenters. The van der Waals surface area contributed by atoms with E-state index in [9.17, 15) is 4.79 Å². The highest BCUT2D eigenvalue weighted by Gasteiger charge is 2.15. The van der Waals surface area contributed by atoms with Crippen molar-refractivity contribution in [3.63, 3.8) is 0 Å². The summed E-state index contributed by atoms with van der Waals surface area (Å²) in [5.74, 6) is -0.126. The van der Waals surface area contributed by atoms with Crippen molar-refractivity contribution in [2.75, 3.05) is 26.2 Å². The van der Waals surface area contributed by atoms with Gasteiger partial charge in [-0.15, -0.1) is 0 Å². The highest BCUT2D eigenvalue weighted by atomic mass is 16.1. The number of likely N-dealkylation sites (tertiary alicyclic amines) is 1. The van der Waals surface area contributed by atoms with Gasteiger partial charge >= 0.3 is 0 Å². The minimum absolute atomic E-state index is 0.126. The minimum atomic E-state index is -0.126. The number of nitrogens with two attached hydrogens (primary N) is 1. The maximum absolute atomic E-state index is 12.3. The number of carbonyl (C=O) groups excluding carboxylic acids is 1. The Morgan fingerprint density at radius 3 is 2.74 bits per heavy atom. The molecule has 4 aromatic rings. The van der Waals surface area contributed by atoms with Crippen molar-refractivity contribution in [2.45, 2.75) is 25.8 Å². The second-order valence-electron chi connectivity index (χ2n) is 8.32. The van der Waals surface area contributed by atoms with Crippen molar-refractivity contribution < 1.29 is 4.79 Å². The zero-order valence-electron chi connectivity index (χ0n) is 17.6. The number of aromatic nitrogens is 3. The SMILES string of the molecule is NCCNC(=O)c1ccc2[nH]nc(-c3cc4cc(CN5CCCCC5)ccc4[nH]3)c2c1. The second kappa shape index (κ2) is 8.53. The summed E-state index contributed by atoms with van der Waals surface area (Å²) in [7, 11) is 0. The second-order valence-corrected chi connectivity index (χ2v) is 8.32. The van der Waals surface area contributed by atoms with Crippen molar-refractivity contribution in [1.82, 2.24) is 25.4 Å². The molecule has 0 spiro atoms. The Hall–Kier alpha value is -3.16. The van der Waals surface area contributed by atoms with Crippen molar-refractivity contribution >= 4 is 27.7 Å². The van der Waals surface area contributed by atoms with E-state index in [4.69, 9.17) is 5.73 Å². The van der Waals surface area contributed by atoms with Crippen LogP contribution in [0.4, 0.5) is 0 Å². The number of fused-ring (bicyclic) bond motifs is 2. The predicted molar refractivity (Wildman–Crippen MR) is 124 cm³/mol. The van der Waals surface area contributed by atoms with Crippen LogP contribution in [0.2, 0.25) is 0 Å². The van der Waals surface area contributed by atoms with Gasteiger partial charge in [-0.05, 0) is 67.9 Å². The molecule has 0 radical (unpaired) electrons. The molecule has 5 rings (SSSR count). The van der Waals surface area contributed by atoms with Gasteiger partial charge in [0.15, 0.2) is 0 Å². The van der Waals surface area contributed by atoms with Crippen molar-refractivity contribution in [2.24, 2.45) is 5.73 Å². The maximum atomic E-state index is 12.3. The van der Waals surface area contributed by atoms with Gasteiger partial charge in [-0.2, -0.15) is 5.10 Å². The van der Waals surface area contributed by atoms with E-state index in [1.165, 1.54) is 43.3 Å². The Morgan fingerprint density at radius 1 is 1.06 bits per heavy atom. The third kappa shape index (κ3) is 4.06. The Bertz CT molecular complexity index is 1220. The third-order valence-electron chi connectivity index (χ3n) is 6.05. The molecule has 7 nitrogen and oxygen atoms in total. The summed E-state index contributed by atoms with van der Waals surface area (Å²) < 4.78 is 0. The van der Waals surface area contributed by atoms with E-state index < -0.39 is 0 Å². The molecule has 7 heteroatoms. The summed E-state index contributed by atoms with van der Waals surface area (Å²) in [6, 6.07) is 14.3. The van der Waals surface area contributed by atoms with Crippen LogP contribution in [0.3, 0.4) is 0 Å². The Balaban J connectivity index is 1.44. The summed E-state index contributed by atoms with van der Waals surface area (Å²) in [5.41, 5.74) is 11.2. The van der Waals surface area contributed by atoms with Crippen molar-refractivity contribution in [3.8, 4) is 11.4 Å². The predicted octanol–water partition coefficient (Wildman–Crippen LogP) is 3.39. The molecule has 0 aliphatic carbocycles. The van der Waals surface area contributed by atoms with Crippen molar-refractivity contribution in [3.05, 3.63) is 53.6 Å². The number of aromatic amines is 2. The average Bonchev–Trinajstić information content (AvgIpc) is 3.41. The fourth-order valence-corrected chi connectivity index (χ4v) is 4.43. The number of H-pyrrole nitrogens is 2. The fraction of sp³-hybridized carbons (Fsp3) is 0.333. The molecule has 1 aliphatic rings. The molecule has 31 heavy (non-hydrogen) atoms. The van der Waals surface area contributed by atoms with Crippen LogP contribution in [-0.4, -0.2) is 52.2 Å². The minimum Gasteiger partial charge on any atom is -0.353 e. The van der Waals surface area contributed by atoms with E-state index in [-0.39, 0.29) is 5.91 Å². The molecule has 0 bridgehead atoms. The van der Waals surface area contributed by atoms with Crippen LogP contribution >= 0.6 is 0 Å². The van der Waals surface area contributed by atoms with Gasteiger partial charge in [-0.25, -0.2) is 0 Å². The van der Waals surface area contributed by atoms with Gasteiger partial charge < -0.3 is 16.0 Å². The molecule has 1 saturated heterocycles. The van der Waals surface area contributed by atoms with Crippen LogP contribution in [0.15, 0.2) is 42.5 Å². The lowest BCUT2D eigenvalue weighted by molar-refractivity contribution is 0.0955. The Labute approximate surface area is 181 Å². The smallest absolute Gasteiger partial charge is 0.251 e. The number of nitrogens with one attached hydrogen (secondary N) is 3. The molecule has 1 aliphatic heterocycles. The summed E-state index contributed by atoms with van der Waals surface area (Å²) >= 11 is 0. The normalized spacial score (nSPS) is 15.0. The highest BCUT2D eigenvalue weighted by Crippen LogP contribution is 2.30. The number of amides is 1. The zero-order chi connectivity index (χ0) is 21.2. The largest absolute Gasteiger partial charge is 0.353 e. The van der Waals surface area contributed by atoms with Crippen LogP contribution in [-0.2, 0) is 6.54 Å². The van der Waals surface area contributed by atoms with Gasteiger partial charge in [-0.3, -0.25) is 14.8 Å². The lowest BCUT2D eigenvalue weighted by Crippen LogP contribution is -2.28. The number of nitrogens with zero attached hydrogens (tertiary/aromatic N) is 2. The number of hydrogen-bond donors (Lipinski definition) is 4. The molecule has 5 N–H and O–H groups in total. The van der Waals surface area contributed by atoms with Gasteiger partial charge in [0.1, 0.15) is 5.69 Å². The van der Waals surface area contributed by atoms with E-state index in [1.54, 1.807) is 6.07 Å². The first-order valence-corrected chi connectivity index (χ1v) is 11.0. The molecular weight excluding hydrogens is 388 g/mol. The summed E-state index contributed by atoms with van der Waals surface area (Å²) in [4.78, 5) is 18.4. The third-order valence-corrected chi connectivity index (χ3v) is 6.05. The number of hydrogen-bond acceptors (Lipinski definition) is 4. The summed E-state index contributed by atoms with van der Waals surface area (Å²) in [6.45, 7) is 4.26. The molecule has 1 amide bonds. The Kier molecular flexibility index (Phi) is 5.44. The molecule has 160 valence electrons. The molecule has 3 heterocycles. The van der Waals surface area contributed by atoms with E-state index in [0.717, 1.165) is 34.4 Å². The standard InChI is InChI=1S/C24H28N6O/c25-8-9-26-24(31)17-5-7-21-19(13-17)23(29-28-21)22-14-18-12-16(4-6-20(18)27-22)15-30-10-2-1-3-11-30/h4-7,12-14,27H,1-3,8-11,15,25H2,(H,26,31)(H,28,29). The summed E-state index contributed by atoms with van der Waals surface area (Å²) in [5, 5.41) is 12.5. The number of benzene rings is 2. The van der Waals surface area contributed by atoms with Gasteiger partial charge in [-0.1, -0.05) is 12.5 Å². The molecule has 2 aromatic heterocycles. The van der Waals surface area contributed by atoms with E-state index >= 15 is 0 Å². The average molecular weight is 417 g/mol. The highest BCUT2D eigenvalue weighted by molar-refractivity contribution is 6.02. The van der Waals surface area contributed by atoms with Gasteiger partial charge in [0.25, 0.3) is 5.91 Å². The van der Waals surface area contributed by atoms with Crippen molar-refractivity contribution in [1.29, 1.82) is 0 Å². The lowest BCUT2D eigenvalue weighted by atomic mass is 10.1. The maximum Gasteiger partial charge on any atom is 0.251 e.